The van der Waals surface area contributed by atoms with E-state index in [1.807, 2.05) is 61.5 Å². The SMILES string of the molecule is CC(C(=O)OCc1ccccc1)c1nc2ccccc2nc1N1CCN(C)CC1. The Morgan fingerprint density at radius 2 is 1.59 bits per heavy atom. The van der Waals surface area contributed by atoms with Gasteiger partial charge < -0.3 is 14.5 Å². The van der Waals surface area contributed by atoms with E-state index in [1.54, 1.807) is 0 Å². The number of para-hydroxylation sites is 2. The van der Waals surface area contributed by atoms with Crippen molar-refractivity contribution in [3.8, 4) is 0 Å². The van der Waals surface area contributed by atoms with E-state index in [0.29, 0.717) is 5.69 Å². The normalized spacial score (nSPS) is 16.0. The zero-order valence-corrected chi connectivity index (χ0v) is 16.9. The molecule has 29 heavy (non-hydrogen) atoms. The quantitative estimate of drug-likeness (QED) is 0.624. The second-order valence-corrected chi connectivity index (χ2v) is 7.53. The Morgan fingerprint density at radius 1 is 0.966 bits per heavy atom. The Balaban J connectivity index is 1.61. The number of carbonyl (C=O) groups is 1. The molecule has 1 unspecified atom stereocenters. The van der Waals surface area contributed by atoms with E-state index in [-0.39, 0.29) is 12.6 Å². The maximum atomic E-state index is 12.8. The average molecular weight is 390 g/mol. The molecule has 0 radical (unpaired) electrons. The van der Waals surface area contributed by atoms with Crippen LogP contribution in [0, 0.1) is 0 Å². The third kappa shape index (κ3) is 4.38. The second-order valence-electron chi connectivity index (χ2n) is 7.53. The Hall–Kier alpha value is -2.99. The Labute approximate surface area is 171 Å². The van der Waals surface area contributed by atoms with Crippen LogP contribution in [0.4, 0.5) is 5.82 Å². The van der Waals surface area contributed by atoms with E-state index in [2.05, 4.69) is 16.8 Å². The minimum atomic E-state index is -0.495. The lowest BCUT2D eigenvalue weighted by Gasteiger charge is -2.34. The molecule has 0 aliphatic carbocycles. The van der Waals surface area contributed by atoms with Gasteiger partial charge in [0.1, 0.15) is 6.61 Å². The summed E-state index contributed by atoms with van der Waals surface area (Å²) in [6.07, 6.45) is 0. The van der Waals surface area contributed by atoms with Crippen molar-refractivity contribution < 1.29 is 9.53 Å². The van der Waals surface area contributed by atoms with E-state index in [9.17, 15) is 4.79 Å². The molecule has 3 aromatic rings. The number of benzene rings is 2. The molecule has 2 aromatic carbocycles. The molecule has 1 aliphatic heterocycles. The van der Waals surface area contributed by atoms with Gasteiger partial charge in [0.05, 0.1) is 22.6 Å². The minimum Gasteiger partial charge on any atom is -0.460 e. The smallest absolute Gasteiger partial charge is 0.315 e. The van der Waals surface area contributed by atoms with Crippen LogP contribution in [-0.4, -0.2) is 54.1 Å². The molecular formula is C23H26N4O2. The number of anilines is 1. The zero-order valence-electron chi connectivity index (χ0n) is 16.9. The highest BCUT2D eigenvalue weighted by Crippen LogP contribution is 2.28. The largest absolute Gasteiger partial charge is 0.460 e. The zero-order chi connectivity index (χ0) is 20.2. The molecule has 2 heterocycles. The Kier molecular flexibility index (Phi) is 5.71. The first-order valence-electron chi connectivity index (χ1n) is 10.0. The highest BCUT2D eigenvalue weighted by molar-refractivity contribution is 5.82. The summed E-state index contributed by atoms with van der Waals surface area (Å²) >= 11 is 0. The number of rotatable bonds is 5. The van der Waals surface area contributed by atoms with Gasteiger partial charge in [-0.2, -0.15) is 0 Å². The van der Waals surface area contributed by atoms with Gasteiger partial charge in [-0.25, -0.2) is 9.97 Å². The lowest BCUT2D eigenvalue weighted by molar-refractivity contribution is -0.146. The number of nitrogens with zero attached hydrogens (tertiary/aromatic N) is 4. The van der Waals surface area contributed by atoms with Crippen LogP contribution in [0.25, 0.3) is 11.0 Å². The van der Waals surface area contributed by atoms with E-state index in [4.69, 9.17) is 14.7 Å². The van der Waals surface area contributed by atoms with Gasteiger partial charge in [-0.3, -0.25) is 4.79 Å². The van der Waals surface area contributed by atoms with Crippen LogP contribution in [0.15, 0.2) is 54.6 Å². The average Bonchev–Trinajstić information content (AvgIpc) is 2.77. The van der Waals surface area contributed by atoms with Crippen LogP contribution >= 0.6 is 0 Å². The maximum absolute atomic E-state index is 12.8. The molecule has 0 amide bonds. The summed E-state index contributed by atoms with van der Waals surface area (Å²) in [7, 11) is 2.12. The number of hydrogen-bond donors (Lipinski definition) is 0. The van der Waals surface area contributed by atoms with Crippen LogP contribution in [0.5, 0.6) is 0 Å². The van der Waals surface area contributed by atoms with E-state index < -0.39 is 5.92 Å². The van der Waals surface area contributed by atoms with Gasteiger partial charge in [0.15, 0.2) is 5.82 Å². The predicted molar refractivity (Wildman–Crippen MR) is 114 cm³/mol. The van der Waals surface area contributed by atoms with Crippen LogP contribution in [0.1, 0.15) is 24.1 Å². The molecule has 1 aromatic heterocycles. The van der Waals surface area contributed by atoms with Gasteiger partial charge in [0, 0.05) is 26.2 Å². The number of hydrogen-bond acceptors (Lipinski definition) is 6. The fourth-order valence-electron chi connectivity index (χ4n) is 3.51. The minimum absolute atomic E-state index is 0.259. The number of carbonyl (C=O) groups excluding carboxylic acids is 1. The summed E-state index contributed by atoms with van der Waals surface area (Å²) in [6, 6.07) is 17.5. The molecule has 1 fully saturated rings. The highest BCUT2D eigenvalue weighted by Gasteiger charge is 2.27. The first-order valence-corrected chi connectivity index (χ1v) is 10.0. The molecule has 0 N–H and O–H groups in total. The van der Waals surface area contributed by atoms with Crippen molar-refractivity contribution in [2.75, 3.05) is 38.1 Å². The summed E-state index contributed by atoms with van der Waals surface area (Å²) in [5.74, 6) is 0.0141. The van der Waals surface area contributed by atoms with Crippen LogP contribution in [0.2, 0.25) is 0 Å². The molecule has 6 nitrogen and oxygen atoms in total. The number of esters is 1. The lowest BCUT2D eigenvalue weighted by atomic mass is 10.1. The van der Waals surface area contributed by atoms with Crippen LogP contribution in [-0.2, 0) is 16.1 Å². The Morgan fingerprint density at radius 3 is 2.28 bits per heavy atom. The van der Waals surface area contributed by atoms with Crippen molar-refractivity contribution in [2.24, 2.45) is 0 Å². The lowest BCUT2D eigenvalue weighted by Crippen LogP contribution is -2.45. The molecule has 6 heteroatoms. The molecule has 4 rings (SSSR count). The number of piperazine rings is 1. The maximum Gasteiger partial charge on any atom is 0.315 e. The van der Waals surface area contributed by atoms with Gasteiger partial charge in [0.2, 0.25) is 0 Å². The van der Waals surface area contributed by atoms with Crippen molar-refractivity contribution >= 4 is 22.8 Å². The summed E-state index contributed by atoms with van der Waals surface area (Å²) in [4.78, 5) is 27.1. The third-order valence-electron chi connectivity index (χ3n) is 5.37. The first kappa shape index (κ1) is 19.3. The van der Waals surface area contributed by atoms with Crippen molar-refractivity contribution in [1.29, 1.82) is 0 Å². The van der Waals surface area contributed by atoms with Crippen molar-refractivity contribution in [1.82, 2.24) is 14.9 Å². The van der Waals surface area contributed by atoms with Crippen LogP contribution in [0.3, 0.4) is 0 Å². The molecule has 150 valence electrons. The van der Waals surface area contributed by atoms with E-state index in [0.717, 1.165) is 48.6 Å². The van der Waals surface area contributed by atoms with Gasteiger partial charge in [-0.05, 0) is 31.7 Å². The number of fused-ring (bicyclic) bond motifs is 1. The first-order chi connectivity index (χ1) is 14.1. The summed E-state index contributed by atoms with van der Waals surface area (Å²) < 4.78 is 5.58. The predicted octanol–water partition coefficient (Wildman–Crippen LogP) is 3.23. The number of ether oxygens (including phenoxy) is 1. The fraction of sp³-hybridized carbons (Fsp3) is 0.348. The molecule has 1 aliphatic rings. The summed E-state index contributed by atoms with van der Waals surface area (Å²) in [5, 5.41) is 0. The topological polar surface area (TPSA) is 58.6 Å². The van der Waals surface area contributed by atoms with Crippen molar-refractivity contribution in [3.63, 3.8) is 0 Å². The number of likely N-dealkylation sites (N-methyl/N-ethyl adjacent to an activating group) is 1. The molecule has 1 saturated heterocycles. The van der Waals surface area contributed by atoms with Gasteiger partial charge in [-0.1, -0.05) is 42.5 Å². The van der Waals surface area contributed by atoms with E-state index >= 15 is 0 Å². The molecule has 0 bridgehead atoms. The highest BCUT2D eigenvalue weighted by atomic mass is 16.5. The second kappa shape index (κ2) is 8.57. The van der Waals surface area contributed by atoms with Crippen molar-refractivity contribution in [3.05, 3.63) is 65.9 Å². The molecule has 0 saturated carbocycles. The third-order valence-corrected chi connectivity index (χ3v) is 5.37. The van der Waals surface area contributed by atoms with Gasteiger partial charge in [-0.15, -0.1) is 0 Å². The molecule has 1 atom stereocenters. The van der Waals surface area contributed by atoms with Crippen LogP contribution < -0.4 is 4.90 Å². The monoisotopic (exact) mass is 390 g/mol. The Bertz CT molecular complexity index is 985. The number of aromatic nitrogens is 2. The summed E-state index contributed by atoms with van der Waals surface area (Å²) in [5.41, 5.74) is 3.29. The molecular weight excluding hydrogens is 364 g/mol. The van der Waals surface area contributed by atoms with E-state index in [1.165, 1.54) is 0 Å². The standard InChI is InChI=1S/C23H26N4O2/c1-17(23(28)29-16-18-8-4-3-5-9-18)21-22(27-14-12-26(2)13-15-27)25-20-11-7-6-10-19(20)24-21/h3-11,17H,12-16H2,1-2H3. The molecule has 0 spiro atoms. The van der Waals surface area contributed by atoms with Crippen molar-refractivity contribution in [2.45, 2.75) is 19.4 Å². The summed E-state index contributed by atoms with van der Waals surface area (Å²) in [6.45, 7) is 5.76. The van der Waals surface area contributed by atoms with Gasteiger partial charge >= 0.3 is 5.97 Å². The van der Waals surface area contributed by atoms with Gasteiger partial charge in [0.25, 0.3) is 0 Å². The fourth-order valence-corrected chi connectivity index (χ4v) is 3.51.